The molecule has 1 saturated heterocycles. The van der Waals surface area contributed by atoms with E-state index in [4.69, 9.17) is 0 Å². The second kappa shape index (κ2) is 7.13. The predicted octanol–water partition coefficient (Wildman–Crippen LogP) is 2.41. The van der Waals surface area contributed by atoms with E-state index in [1.54, 1.807) is 0 Å². The minimum absolute atomic E-state index is 0.301. The van der Waals surface area contributed by atoms with Crippen molar-refractivity contribution in [2.75, 3.05) is 26.2 Å². The predicted molar refractivity (Wildman–Crippen MR) is 74.4 cm³/mol. The van der Waals surface area contributed by atoms with Gasteiger partial charge in [0.1, 0.15) is 0 Å². The van der Waals surface area contributed by atoms with Gasteiger partial charge in [0.2, 0.25) is 5.91 Å². The fourth-order valence-electron chi connectivity index (χ4n) is 3.31. The summed E-state index contributed by atoms with van der Waals surface area (Å²) >= 11 is 0. The summed E-state index contributed by atoms with van der Waals surface area (Å²) in [6.45, 7) is 5.84. The van der Waals surface area contributed by atoms with Crippen LogP contribution in [0.3, 0.4) is 0 Å². The van der Waals surface area contributed by atoms with E-state index in [0.717, 1.165) is 31.5 Å². The number of rotatable bonds is 5. The Hall–Kier alpha value is -0.570. The number of carbonyl (C=O) groups is 1. The molecule has 1 aliphatic carbocycles. The van der Waals surface area contributed by atoms with E-state index >= 15 is 0 Å². The van der Waals surface area contributed by atoms with Gasteiger partial charge in [-0.1, -0.05) is 26.2 Å². The molecule has 0 radical (unpaired) electrons. The third-order valence-electron chi connectivity index (χ3n) is 4.71. The van der Waals surface area contributed by atoms with Gasteiger partial charge in [-0.3, -0.25) is 4.79 Å². The van der Waals surface area contributed by atoms with Crippen LogP contribution in [0.2, 0.25) is 0 Å². The van der Waals surface area contributed by atoms with Gasteiger partial charge in [0.05, 0.1) is 6.54 Å². The van der Waals surface area contributed by atoms with Crippen LogP contribution in [0.5, 0.6) is 0 Å². The SMILES string of the molecule is CCC1CCC(CNCC(=O)N2CCCC2)CC1. The number of hydrogen-bond donors (Lipinski definition) is 1. The molecule has 1 saturated carbocycles. The lowest BCUT2D eigenvalue weighted by atomic mass is 9.81. The molecule has 2 rings (SSSR count). The van der Waals surface area contributed by atoms with Gasteiger partial charge in [0.25, 0.3) is 0 Å². The van der Waals surface area contributed by atoms with Crippen LogP contribution in [0.4, 0.5) is 0 Å². The number of likely N-dealkylation sites (tertiary alicyclic amines) is 1. The lowest BCUT2D eigenvalue weighted by Crippen LogP contribution is -2.38. The number of carbonyl (C=O) groups excluding carboxylic acids is 1. The van der Waals surface area contributed by atoms with Crippen LogP contribution in [-0.2, 0) is 4.79 Å². The molecule has 18 heavy (non-hydrogen) atoms. The van der Waals surface area contributed by atoms with E-state index < -0.39 is 0 Å². The highest BCUT2D eigenvalue weighted by Crippen LogP contribution is 2.29. The molecule has 0 aromatic rings. The largest absolute Gasteiger partial charge is 0.342 e. The van der Waals surface area contributed by atoms with E-state index in [-0.39, 0.29) is 0 Å². The molecule has 1 aliphatic heterocycles. The van der Waals surface area contributed by atoms with E-state index in [2.05, 4.69) is 12.2 Å². The number of nitrogens with one attached hydrogen (secondary N) is 1. The molecule has 0 bridgehead atoms. The average Bonchev–Trinajstić information content (AvgIpc) is 2.93. The van der Waals surface area contributed by atoms with Gasteiger partial charge in [-0.05, 0) is 44.1 Å². The van der Waals surface area contributed by atoms with Crippen molar-refractivity contribution in [3.63, 3.8) is 0 Å². The van der Waals surface area contributed by atoms with E-state index in [1.165, 1.54) is 44.9 Å². The number of nitrogens with zero attached hydrogens (tertiary/aromatic N) is 1. The van der Waals surface area contributed by atoms with Crippen molar-refractivity contribution in [1.82, 2.24) is 10.2 Å². The van der Waals surface area contributed by atoms with Crippen molar-refractivity contribution in [3.05, 3.63) is 0 Å². The quantitative estimate of drug-likeness (QED) is 0.815. The summed E-state index contributed by atoms with van der Waals surface area (Å²) in [5, 5.41) is 3.37. The van der Waals surface area contributed by atoms with Crippen LogP contribution in [0, 0.1) is 11.8 Å². The zero-order chi connectivity index (χ0) is 12.8. The minimum atomic E-state index is 0.301. The molecule has 2 aliphatic rings. The molecule has 0 aromatic heterocycles. The van der Waals surface area contributed by atoms with Gasteiger partial charge < -0.3 is 10.2 Å². The third kappa shape index (κ3) is 3.98. The molecule has 1 amide bonds. The zero-order valence-corrected chi connectivity index (χ0v) is 11.8. The highest BCUT2D eigenvalue weighted by atomic mass is 16.2. The molecule has 0 atom stereocenters. The summed E-state index contributed by atoms with van der Waals surface area (Å²) < 4.78 is 0. The van der Waals surface area contributed by atoms with Crippen molar-refractivity contribution < 1.29 is 4.79 Å². The Morgan fingerprint density at radius 1 is 1.11 bits per heavy atom. The lowest BCUT2D eigenvalue weighted by molar-refractivity contribution is -0.129. The molecule has 0 aromatic carbocycles. The average molecular weight is 252 g/mol. The Bertz CT molecular complexity index is 253. The standard InChI is InChI=1S/C15H28N2O/c1-2-13-5-7-14(8-6-13)11-16-12-15(18)17-9-3-4-10-17/h13-14,16H,2-12H2,1H3. The Labute approximate surface area is 111 Å². The lowest BCUT2D eigenvalue weighted by Gasteiger charge is -2.28. The molecule has 1 heterocycles. The molecule has 3 nitrogen and oxygen atoms in total. The van der Waals surface area contributed by atoms with Crippen LogP contribution in [0.1, 0.15) is 51.9 Å². The summed E-state index contributed by atoms with van der Waals surface area (Å²) in [5.74, 6) is 2.07. The van der Waals surface area contributed by atoms with Crippen LogP contribution in [0.25, 0.3) is 0 Å². The van der Waals surface area contributed by atoms with E-state index in [9.17, 15) is 4.79 Å². The maximum Gasteiger partial charge on any atom is 0.236 e. The van der Waals surface area contributed by atoms with Crippen LogP contribution in [0.15, 0.2) is 0 Å². The summed E-state index contributed by atoms with van der Waals surface area (Å²) in [5.41, 5.74) is 0. The molecule has 2 fully saturated rings. The molecular formula is C15H28N2O. The second-order valence-corrected chi connectivity index (χ2v) is 6.01. The maximum atomic E-state index is 11.8. The van der Waals surface area contributed by atoms with Gasteiger partial charge in [-0.25, -0.2) is 0 Å². The normalized spacial score (nSPS) is 28.6. The van der Waals surface area contributed by atoms with Gasteiger partial charge in [0.15, 0.2) is 0 Å². The highest BCUT2D eigenvalue weighted by Gasteiger charge is 2.21. The van der Waals surface area contributed by atoms with Gasteiger partial charge in [-0.2, -0.15) is 0 Å². The summed E-state index contributed by atoms with van der Waals surface area (Å²) in [7, 11) is 0. The molecular weight excluding hydrogens is 224 g/mol. The van der Waals surface area contributed by atoms with Gasteiger partial charge in [0, 0.05) is 13.1 Å². The molecule has 3 heteroatoms. The second-order valence-electron chi connectivity index (χ2n) is 6.01. The van der Waals surface area contributed by atoms with Crippen LogP contribution < -0.4 is 5.32 Å². The van der Waals surface area contributed by atoms with Crippen LogP contribution in [-0.4, -0.2) is 37.0 Å². The first-order chi connectivity index (χ1) is 8.79. The van der Waals surface area contributed by atoms with Crippen molar-refractivity contribution in [2.24, 2.45) is 11.8 Å². The topological polar surface area (TPSA) is 32.3 Å². The molecule has 1 N–H and O–H groups in total. The third-order valence-corrected chi connectivity index (χ3v) is 4.71. The fourth-order valence-corrected chi connectivity index (χ4v) is 3.31. The number of amides is 1. The van der Waals surface area contributed by atoms with Crippen molar-refractivity contribution in [1.29, 1.82) is 0 Å². The van der Waals surface area contributed by atoms with Gasteiger partial charge in [-0.15, -0.1) is 0 Å². The van der Waals surface area contributed by atoms with Crippen LogP contribution >= 0.6 is 0 Å². The molecule has 104 valence electrons. The zero-order valence-electron chi connectivity index (χ0n) is 11.8. The number of hydrogen-bond acceptors (Lipinski definition) is 2. The van der Waals surface area contributed by atoms with Gasteiger partial charge >= 0.3 is 0 Å². The maximum absolute atomic E-state index is 11.8. The fraction of sp³-hybridized carbons (Fsp3) is 0.933. The first-order valence-corrected chi connectivity index (χ1v) is 7.78. The smallest absolute Gasteiger partial charge is 0.236 e. The Balaban J connectivity index is 1.56. The Morgan fingerprint density at radius 3 is 2.33 bits per heavy atom. The minimum Gasteiger partial charge on any atom is -0.342 e. The summed E-state index contributed by atoms with van der Waals surface area (Å²) in [4.78, 5) is 13.8. The molecule has 0 spiro atoms. The summed E-state index contributed by atoms with van der Waals surface area (Å²) in [6, 6.07) is 0. The monoisotopic (exact) mass is 252 g/mol. The van der Waals surface area contributed by atoms with E-state index in [0.29, 0.717) is 12.5 Å². The Kier molecular flexibility index (Phi) is 5.48. The Morgan fingerprint density at radius 2 is 1.72 bits per heavy atom. The van der Waals surface area contributed by atoms with E-state index in [1.807, 2.05) is 4.90 Å². The van der Waals surface area contributed by atoms with Crippen molar-refractivity contribution >= 4 is 5.91 Å². The summed E-state index contributed by atoms with van der Waals surface area (Å²) in [6.07, 6.45) is 9.20. The molecule has 0 unspecified atom stereocenters. The highest BCUT2D eigenvalue weighted by molar-refractivity contribution is 5.78. The first kappa shape index (κ1) is 13.9. The first-order valence-electron chi connectivity index (χ1n) is 7.78. The van der Waals surface area contributed by atoms with Crippen molar-refractivity contribution in [3.8, 4) is 0 Å². The van der Waals surface area contributed by atoms with Crippen molar-refractivity contribution in [2.45, 2.75) is 51.9 Å².